The lowest BCUT2D eigenvalue weighted by molar-refractivity contribution is 0.303. The Morgan fingerprint density at radius 2 is 1.92 bits per heavy atom. The summed E-state index contributed by atoms with van der Waals surface area (Å²) >= 11 is 5.99. The molecule has 188 valence electrons. The number of phenolic OH excluding ortho intramolecular Hbond substituents is 1. The van der Waals surface area contributed by atoms with Crippen LogP contribution in [0.2, 0.25) is 5.02 Å². The predicted octanol–water partition coefficient (Wildman–Crippen LogP) is 4.70. The Morgan fingerprint density at radius 3 is 2.64 bits per heavy atom. The van der Waals surface area contributed by atoms with Gasteiger partial charge in [-0.3, -0.25) is 0 Å². The van der Waals surface area contributed by atoms with Crippen molar-refractivity contribution >= 4 is 17.5 Å². The lowest BCUT2D eigenvalue weighted by atomic mass is 9.92. The van der Waals surface area contributed by atoms with Crippen molar-refractivity contribution in [3.8, 4) is 34.1 Å². The first kappa shape index (κ1) is 25.3. The molecule has 0 aliphatic heterocycles. The second-order valence-electron chi connectivity index (χ2n) is 8.76. The molecule has 0 bridgehead atoms. The molecule has 0 aliphatic rings. The molecule has 0 amide bonds. The highest BCUT2D eigenvalue weighted by Gasteiger charge is 2.27. The molecule has 2 aromatic carbocycles. The van der Waals surface area contributed by atoms with Crippen LogP contribution in [-0.2, 0) is 5.41 Å². The number of imidazole rings is 1. The van der Waals surface area contributed by atoms with Gasteiger partial charge in [-0.1, -0.05) is 31.5 Å². The normalized spacial score (nSPS) is 11.6. The van der Waals surface area contributed by atoms with E-state index < -0.39 is 17.0 Å². The van der Waals surface area contributed by atoms with Gasteiger partial charge in [0.25, 0.3) is 0 Å². The van der Waals surface area contributed by atoms with Gasteiger partial charge < -0.3 is 25.9 Å². The molecule has 2 heterocycles. The molecule has 36 heavy (non-hydrogen) atoms. The molecular weight excluding hydrogens is 490 g/mol. The predicted molar refractivity (Wildman–Crippen MR) is 134 cm³/mol. The number of halogens is 3. The number of aromatic nitrogens is 4. The van der Waals surface area contributed by atoms with Crippen molar-refractivity contribution < 1.29 is 18.6 Å². The van der Waals surface area contributed by atoms with E-state index in [1.807, 2.05) is 13.8 Å². The highest BCUT2D eigenvalue weighted by molar-refractivity contribution is 6.32. The third-order valence-corrected chi connectivity index (χ3v) is 5.82. The van der Waals surface area contributed by atoms with Gasteiger partial charge in [0.1, 0.15) is 23.9 Å². The van der Waals surface area contributed by atoms with Crippen LogP contribution in [0.5, 0.6) is 11.5 Å². The number of nitrogens with one attached hydrogen (secondary N) is 2. The Morgan fingerprint density at radius 1 is 1.11 bits per heavy atom. The Kier molecular flexibility index (Phi) is 7.37. The average molecular weight is 515 g/mol. The van der Waals surface area contributed by atoms with Crippen LogP contribution in [0.1, 0.15) is 19.7 Å². The molecule has 4 rings (SSSR count). The molecule has 11 heteroatoms. The number of rotatable bonds is 9. The number of hydrogen-bond acceptors (Lipinski definition) is 7. The first-order valence-corrected chi connectivity index (χ1v) is 11.5. The molecule has 8 nitrogen and oxygen atoms in total. The van der Waals surface area contributed by atoms with Gasteiger partial charge in [-0.2, -0.15) is 0 Å². The van der Waals surface area contributed by atoms with Crippen molar-refractivity contribution in [3.63, 3.8) is 0 Å². The minimum absolute atomic E-state index is 0.0613. The third kappa shape index (κ3) is 5.72. The first-order valence-electron chi connectivity index (χ1n) is 11.1. The van der Waals surface area contributed by atoms with Crippen LogP contribution in [0, 0.1) is 11.6 Å². The summed E-state index contributed by atoms with van der Waals surface area (Å²) in [5, 5.41) is 13.7. The number of nitrogens with zero attached hydrogens (tertiary/aromatic N) is 3. The smallest absolute Gasteiger partial charge is 0.220 e. The van der Waals surface area contributed by atoms with Crippen LogP contribution in [0.25, 0.3) is 22.6 Å². The molecule has 4 aromatic rings. The highest BCUT2D eigenvalue weighted by Crippen LogP contribution is 2.36. The zero-order valence-electron chi connectivity index (χ0n) is 19.6. The number of H-pyrrole nitrogens is 1. The fraction of sp³-hybridized carbons (Fsp3) is 0.240. The van der Waals surface area contributed by atoms with E-state index in [1.165, 1.54) is 12.1 Å². The van der Waals surface area contributed by atoms with E-state index in [2.05, 4.69) is 20.3 Å². The number of benzene rings is 2. The largest absolute Gasteiger partial charge is 0.506 e. The number of aromatic amines is 1. The summed E-state index contributed by atoms with van der Waals surface area (Å²) < 4.78 is 31.9. The van der Waals surface area contributed by atoms with Crippen molar-refractivity contribution in [1.82, 2.24) is 25.3 Å². The van der Waals surface area contributed by atoms with Crippen LogP contribution < -0.4 is 15.8 Å². The second kappa shape index (κ2) is 10.5. The summed E-state index contributed by atoms with van der Waals surface area (Å²) in [7, 11) is 0. The minimum atomic E-state index is -0.953. The molecular formula is C25H25ClF2N6O2. The lowest BCUT2D eigenvalue weighted by Crippen LogP contribution is -2.36. The summed E-state index contributed by atoms with van der Waals surface area (Å²) in [6.07, 6.45) is 1.56. The van der Waals surface area contributed by atoms with Gasteiger partial charge in [0.15, 0.2) is 11.6 Å². The van der Waals surface area contributed by atoms with Gasteiger partial charge in [-0.15, -0.1) is 0 Å². The molecule has 0 saturated carbocycles. The van der Waals surface area contributed by atoms with Crippen LogP contribution in [0.3, 0.4) is 0 Å². The van der Waals surface area contributed by atoms with Gasteiger partial charge in [0, 0.05) is 36.3 Å². The van der Waals surface area contributed by atoms with E-state index in [-0.39, 0.29) is 29.1 Å². The van der Waals surface area contributed by atoms with E-state index >= 15 is 0 Å². The summed E-state index contributed by atoms with van der Waals surface area (Å²) in [5.74, 6) is -0.883. The standard InChI is InChI=1S/C25H25ClF2N6O2/c1-25(2,13-30-9-10-36-15-4-6-17(27)18(28)12-15)23-33-21(14-3-5-16(26)20(35)11-14)22(34-23)19-7-8-31-24(29)32-19/h3-8,11-12,30,35H,9-10,13H2,1-2H3,(H,33,34)(H2,29,31,32). The number of ether oxygens (including phenoxy) is 1. The van der Waals surface area contributed by atoms with E-state index in [9.17, 15) is 13.9 Å². The zero-order chi connectivity index (χ0) is 25.9. The van der Waals surface area contributed by atoms with Crippen molar-refractivity contribution in [2.75, 3.05) is 25.4 Å². The fourth-order valence-corrected chi connectivity index (χ4v) is 3.67. The topological polar surface area (TPSA) is 122 Å². The van der Waals surface area contributed by atoms with E-state index in [1.54, 1.807) is 24.4 Å². The molecule has 0 unspecified atom stereocenters. The number of anilines is 1. The van der Waals surface area contributed by atoms with Crippen molar-refractivity contribution in [1.29, 1.82) is 0 Å². The minimum Gasteiger partial charge on any atom is -0.506 e. The summed E-state index contributed by atoms with van der Waals surface area (Å²) in [4.78, 5) is 16.5. The van der Waals surface area contributed by atoms with Crippen LogP contribution in [0.15, 0.2) is 48.7 Å². The zero-order valence-corrected chi connectivity index (χ0v) is 20.4. The summed E-state index contributed by atoms with van der Waals surface area (Å²) in [6, 6.07) is 10.0. The second-order valence-corrected chi connectivity index (χ2v) is 9.17. The lowest BCUT2D eigenvalue weighted by Gasteiger charge is -2.22. The number of hydrogen-bond donors (Lipinski definition) is 4. The fourth-order valence-electron chi connectivity index (χ4n) is 3.55. The average Bonchev–Trinajstić information content (AvgIpc) is 3.29. The molecule has 5 N–H and O–H groups in total. The Labute approximate surface area is 211 Å². The highest BCUT2D eigenvalue weighted by atomic mass is 35.5. The quantitative estimate of drug-likeness (QED) is 0.239. The first-order chi connectivity index (χ1) is 17.1. The Balaban J connectivity index is 1.51. The number of phenols is 1. The van der Waals surface area contributed by atoms with Crippen molar-refractivity contribution in [2.24, 2.45) is 0 Å². The summed E-state index contributed by atoms with van der Waals surface area (Å²) in [5.41, 5.74) is 7.74. The van der Waals surface area contributed by atoms with Crippen LogP contribution >= 0.6 is 11.6 Å². The Hall–Kier alpha value is -3.76. The molecule has 0 spiro atoms. The molecule has 2 aromatic heterocycles. The maximum Gasteiger partial charge on any atom is 0.220 e. The van der Waals surface area contributed by atoms with Gasteiger partial charge in [0.05, 0.1) is 22.1 Å². The third-order valence-electron chi connectivity index (χ3n) is 5.50. The molecule has 0 atom stereocenters. The number of nitrogen functional groups attached to an aromatic ring is 1. The van der Waals surface area contributed by atoms with E-state index in [0.717, 1.165) is 12.1 Å². The molecule has 0 saturated heterocycles. The van der Waals surface area contributed by atoms with Gasteiger partial charge >= 0.3 is 0 Å². The number of aromatic hydroxyl groups is 1. The van der Waals surface area contributed by atoms with Crippen molar-refractivity contribution in [3.05, 3.63) is 71.1 Å². The van der Waals surface area contributed by atoms with Crippen LogP contribution in [-0.4, -0.2) is 44.7 Å². The molecule has 0 aliphatic carbocycles. The monoisotopic (exact) mass is 514 g/mol. The SMILES string of the molecule is CC(C)(CNCCOc1ccc(F)c(F)c1)c1nc(-c2ccc(Cl)c(O)c2)c(-c2ccnc(N)n2)[nH]1. The molecule has 0 radical (unpaired) electrons. The van der Waals surface area contributed by atoms with E-state index in [0.29, 0.717) is 41.6 Å². The van der Waals surface area contributed by atoms with Crippen LogP contribution in [0.4, 0.5) is 14.7 Å². The van der Waals surface area contributed by atoms with Gasteiger partial charge in [-0.05, 0) is 30.3 Å². The Bertz CT molecular complexity index is 1380. The van der Waals surface area contributed by atoms with E-state index in [4.69, 9.17) is 27.1 Å². The van der Waals surface area contributed by atoms with Crippen molar-refractivity contribution in [2.45, 2.75) is 19.3 Å². The molecule has 0 fully saturated rings. The maximum absolute atomic E-state index is 13.3. The maximum atomic E-state index is 13.3. The van der Waals surface area contributed by atoms with Gasteiger partial charge in [-0.25, -0.2) is 23.7 Å². The number of nitrogens with two attached hydrogens (primary N) is 1. The summed E-state index contributed by atoms with van der Waals surface area (Å²) in [6.45, 7) is 5.28. The van der Waals surface area contributed by atoms with Gasteiger partial charge in [0.2, 0.25) is 5.95 Å².